The number of halogens is 1. The molecule has 0 radical (unpaired) electrons. The fourth-order valence-electron chi connectivity index (χ4n) is 3.25. The molecule has 4 rings (SSSR count). The third-order valence-electron chi connectivity index (χ3n) is 5.17. The fraction of sp³-hybridized carbons (Fsp3) is 0.0769. The van der Waals surface area contributed by atoms with Gasteiger partial charge in [0.15, 0.2) is 5.17 Å². The number of likely N-dealkylation sites (N-methyl/N-ethyl adjacent to an activating group) is 1. The van der Waals surface area contributed by atoms with Crippen molar-refractivity contribution in [3.8, 4) is 5.75 Å². The van der Waals surface area contributed by atoms with E-state index in [4.69, 9.17) is 26.6 Å². The van der Waals surface area contributed by atoms with Crippen LogP contribution >= 0.6 is 23.4 Å². The van der Waals surface area contributed by atoms with Crippen LogP contribution in [0.25, 0.3) is 6.08 Å². The maximum atomic E-state index is 12.7. The molecule has 1 amide bonds. The van der Waals surface area contributed by atoms with Crippen LogP contribution in [0.1, 0.15) is 31.8 Å². The van der Waals surface area contributed by atoms with Gasteiger partial charge in [-0.3, -0.25) is 9.69 Å². The normalized spacial score (nSPS) is 15.5. The predicted molar refractivity (Wildman–Crippen MR) is 138 cm³/mol. The molecule has 3 aromatic rings. The number of hydrogen-bond acceptors (Lipinski definition) is 6. The van der Waals surface area contributed by atoms with E-state index in [1.54, 1.807) is 55.6 Å². The van der Waals surface area contributed by atoms with Crippen molar-refractivity contribution < 1.29 is 29.3 Å². The lowest BCUT2D eigenvalue weighted by molar-refractivity contribution is -0.121. The number of aromatic carboxylic acids is 2. The summed E-state index contributed by atoms with van der Waals surface area (Å²) in [6.45, 7) is 0.210. The largest absolute Gasteiger partial charge is 0.487 e. The Morgan fingerprint density at radius 1 is 1.03 bits per heavy atom. The van der Waals surface area contributed by atoms with Crippen LogP contribution in [-0.4, -0.2) is 45.2 Å². The van der Waals surface area contributed by atoms with E-state index < -0.39 is 11.9 Å². The van der Waals surface area contributed by atoms with Gasteiger partial charge in [0.25, 0.3) is 5.91 Å². The predicted octanol–water partition coefficient (Wildman–Crippen LogP) is 5.55. The highest BCUT2D eigenvalue weighted by atomic mass is 35.5. The molecule has 2 N–H and O–H groups in total. The third-order valence-corrected chi connectivity index (χ3v) is 6.53. The second-order valence-electron chi connectivity index (χ2n) is 7.71. The van der Waals surface area contributed by atoms with Crippen molar-refractivity contribution in [2.75, 3.05) is 7.05 Å². The number of carbonyl (C=O) groups is 3. The molecule has 1 aliphatic heterocycles. The van der Waals surface area contributed by atoms with Gasteiger partial charge in [-0.05, 0) is 71.4 Å². The number of carboxylic acid groups (broad SMARTS) is 2. The molecule has 0 aromatic heterocycles. The number of aliphatic imine (C=N–C) groups is 1. The summed E-state index contributed by atoms with van der Waals surface area (Å²) in [5.41, 5.74) is 2.22. The van der Waals surface area contributed by atoms with Gasteiger partial charge < -0.3 is 14.9 Å². The molecule has 3 aromatic carbocycles. The first kappa shape index (κ1) is 25.0. The van der Waals surface area contributed by atoms with Gasteiger partial charge in [0.1, 0.15) is 12.4 Å². The number of benzene rings is 3. The maximum Gasteiger partial charge on any atom is 0.335 e. The van der Waals surface area contributed by atoms with Gasteiger partial charge in [-0.25, -0.2) is 14.6 Å². The molecule has 0 bridgehead atoms. The summed E-state index contributed by atoms with van der Waals surface area (Å²) in [5, 5.41) is 18.9. The average molecular weight is 523 g/mol. The van der Waals surface area contributed by atoms with Gasteiger partial charge >= 0.3 is 11.9 Å². The van der Waals surface area contributed by atoms with Crippen LogP contribution in [0.15, 0.2) is 76.6 Å². The van der Waals surface area contributed by atoms with E-state index >= 15 is 0 Å². The molecule has 1 saturated heterocycles. The summed E-state index contributed by atoms with van der Waals surface area (Å²) in [6.07, 6.45) is 1.69. The van der Waals surface area contributed by atoms with E-state index in [9.17, 15) is 14.4 Å². The topological polar surface area (TPSA) is 117 Å². The Balaban J connectivity index is 1.47. The molecule has 0 saturated carbocycles. The Kier molecular flexibility index (Phi) is 7.42. The Morgan fingerprint density at radius 3 is 2.42 bits per heavy atom. The monoisotopic (exact) mass is 522 g/mol. The quantitative estimate of drug-likeness (QED) is 0.391. The van der Waals surface area contributed by atoms with Crippen molar-refractivity contribution in [1.82, 2.24) is 4.90 Å². The molecule has 0 unspecified atom stereocenters. The molecule has 36 heavy (non-hydrogen) atoms. The van der Waals surface area contributed by atoms with Crippen molar-refractivity contribution >= 4 is 58.1 Å². The van der Waals surface area contributed by atoms with E-state index in [0.717, 1.165) is 5.56 Å². The van der Waals surface area contributed by atoms with Gasteiger partial charge in [0.05, 0.1) is 26.7 Å². The first-order valence-corrected chi connectivity index (χ1v) is 11.7. The highest BCUT2D eigenvalue weighted by Crippen LogP contribution is 2.34. The summed E-state index contributed by atoms with van der Waals surface area (Å²) in [5.74, 6) is -1.84. The zero-order chi connectivity index (χ0) is 25.8. The smallest absolute Gasteiger partial charge is 0.335 e. The second-order valence-corrected chi connectivity index (χ2v) is 9.12. The number of carbonyl (C=O) groups excluding carboxylic acids is 1. The van der Waals surface area contributed by atoms with Crippen molar-refractivity contribution in [2.45, 2.75) is 6.61 Å². The lowest BCUT2D eigenvalue weighted by Crippen LogP contribution is -2.23. The highest BCUT2D eigenvalue weighted by molar-refractivity contribution is 8.18. The van der Waals surface area contributed by atoms with E-state index in [1.807, 2.05) is 0 Å². The molecule has 182 valence electrons. The lowest BCUT2D eigenvalue weighted by Gasteiger charge is -2.09. The molecular weight excluding hydrogens is 504 g/mol. The van der Waals surface area contributed by atoms with E-state index in [1.165, 1.54) is 40.9 Å². The van der Waals surface area contributed by atoms with Crippen LogP contribution in [0.5, 0.6) is 5.75 Å². The second kappa shape index (κ2) is 10.7. The molecule has 1 heterocycles. The molecule has 0 atom stereocenters. The van der Waals surface area contributed by atoms with Crippen LogP contribution in [0.3, 0.4) is 0 Å². The molecule has 8 nitrogen and oxygen atoms in total. The summed E-state index contributed by atoms with van der Waals surface area (Å²) in [4.78, 5) is 41.2. The standard InChI is InChI=1S/C26H19ClN2O6S/c1-29-23(30)22(36-26(29)28-19-4-2-3-18(13-19)25(33)34)12-16-7-10-21(20(27)11-16)35-14-15-5-8-17(9-6-15)24(31)32/h2-13H,14H2,1H3,(H,31,32)(H,33,34). The van der Waals surface area contributed by atoms with E-state index in [0.29, 0.717) is 32.1 Å². The third kappa shape index (κ3) is 5.76. The number of thioether (sulfide) groups is 1. The minimum absolute atomic E-state index is 0.110. The summed E-state index contributed by atoms with van der Waals surface area (Å²) >= 11 is 7.56. The van der Waals surface area contributed by atoms with Gasteiger partial charge in [0, 0.05) is 7.05 Å². The summed E-state index contributed by atoms with van der Waals surface area (Å²) < 4.78 is 5.75. The van der Waals surface area contributed by atoms with Gasteiger partial charge in [-0.1, -0.05) is 35.9 Å². The van der Waals surface area contributed by atoms with Gasteiger partial charge in [0.2, 0.25) is 0 Å². The van der Waals surface area contributed by atoms with Crippen LogP contribution in [0.4, 0.5) is 5.69 Å². The van der Waals surface area contributed by atoms with Crippen molar-refractivity contribution in [2.24, 2.45) is 4.99 Å². The molecule has 10 heteroatoms. The molecule has 1 aliphatic rings. The minimum atomic E-state index is -1.05. The average Bonchev–Trinajstić information content (AvgIpc) is 3.11. The van der Waals surface area contributed by atoms with Crippen LogP contribution < -0.4 is 4.74 Å². The number of rotatable bonds is 7. The Bertz CT molecular complexity index is 1420. The number of hydrogen-bond donors (Lipinski definition) is 2. The number of carboxylic acids is 2. The molecule has 1 fully saturated rings. The Morgan fingerprint density at radius 2 is 1.75 bits per heavy atom. The first-order chi connectivity index (χ1) is 17.2. The number of ether oxygens (including phenoxy) is 1. The maximum absolute atomic E-state index is 12.7. The summed E-state index contributed by atoms with van der Waals surface area (Å²) in [7, 11) is 1.60. The molecule has 0 aliphatic carbocycles. The zero-order valence-corrected chi connectivity index (χ0v) is 20.4. The molecule has 0 spiro atoms. The van der Waals surface area contributed by atoms with E-state index in [-0.39, 0.29) is 23.6 Å². The van der Waals surface area contributed by atoms with Crippen molar-refractivity contribution in [3.63, 3.8) is 0 Å². The van der Waals surface area contributed by atoms with Crippen molar-refractivity contribution in [3.05, 3.63) is 98.9 Å². The highest BCUT2D eigenvalue weighted by Gasteiger charge is 2.30. The van der Waals surface area contributed by atoms with Crippen LogP contribution in [0.2, 0.25) is 5.02 Å². The van der Waals surface area contributed by atoms with E-state index in [2.05, 4.69) is 4.99 Å². The minimum Gasteiger partial charge on any atom is -0.487 e. The SMILES string of the molecule is CN1C(=O)C(=Cc2ccc(OCc3ccc(C(=O)O)cc3)c(Cl)c2)SC1=Nc1cccc(C(=O)O)c1. The fourth-order valence-corrected chi connectivity index (χ4v) is 4.48. The summed E-state index contributed by atoms with van der Waals surface area (Å²) in [6, 6.07) is 17.7. The van der Waals surface area contributed by atoms with Crippen LogP contribution in [0, 0.1) is 0 Å². The van der Waals surface area contributed by atoms with Gasteiger partial charge in [-0.15, -0.1) is 0 Å². The first-order valence-electron chi connectivity index (χ1n) is 10.6. The number of amidine groups is 1. The molecular formula is C26H19ClN2O6S. The zero-order valence-electron chi connectivity index (χ0n) is 18.8. The van der Waals surface area contributed by atoms with Gasteiger partial charge in [-0.2, -0.15) is 0 Å². The Hall–Kier alpha value is -4.08. The van der Waals surface area contributed by atoms with Crippen LogP contribution in [-0.2, 0) is 11.4 Å². The number of amides is 1. The number of nitrogens with zero attached hydrogens (tertiary/aromatic N) is 2. The van der Waals surface area contributed by atoms with Crippen molar-refractivity contribution in [1.29, 1.82) is 0 Å². The Labute approximate surface area is 215 Å². The lowest BCUT2D eigenvalue weighted by atomic mass is 10.1.